The molecule has 132 valence electrons. The quantitative estimate of drug-likeness (QED) is 0.727. The molecule has 2 heterocycles. The fourth-order valence-electron chi connectivity index (χ4n) is 2.85. The van der Waals surface area contributed by atoms with Gasteiger partial charge >= 0.3 is 12.2 Å². The van der Waals surface area contributed by atoms with Crippen molar-refractivity contribution in [3.05, 3.63) is 58.3 Å². The average Bonchev–Trinajstić information content (AvgIpc) is 3.08. The lowest BCUT2D eigenvalue weighted by Gasteiger charge is -2.44. The van der Waals surface area contributed by atoms with Crippen molar-refractivity contribution >= 4 is 23.2 Å². The molecule has 1 aliphatic rings. The first-order valence-electron chi connectivity index (χ1n) is 7.24. The number of aliphatic hydroxyl groups is 1. The Hall–Kier alpha value is -2.39. The predicted molar refractivity (Wildman–Crippen MR) is 84.0 cm³/mol. The van der Waals surface area contributed by atoms with Crippen LogP contribution in [0.3, 0.4) is 0 Å². The minimum Gasteiger partial charge on any atom is -0.363 e. The number of carbonyl (C=O) groups is 2. The summed E-state index contributed by atoms with van der Waals surface area (Å²) in [5.74, 6) is -2.89. The zero-order chi connectivity index (χ0) is 18.2. The molecule has 0 unspecified atom stereocenters. The molecule has 2 aromatic rings. The van der Waals surface area contributed by atoms with Gasteiger partial charge in [-0.3, -0.25) is 4.79 Å². The van der Waals surface area contributed by atoms with Gasteiger partial charge in [-0.05, 0) is 17.0 Å². The Kier molecular flexibility index (Phi) is 4.29. The molecule has 1 aromatic heterocycles. The normalized spacial score (nSPS) is 26.6. The van der Waals surface area contributed by atoms with E-state index >= 15 is 0 Å². The second-order valence-electron chi connectivity index (χ2n) is 5.57. The van der Waals surface area contributed by atoms with Gasteiger partial charge in [0.15, 0.2) is 5.78 Å². The van der Waals surface area contributed by atoms with Crippen LogP contribution in [-0.4, -0.2) is 28.8 Å². The van der Waals surface area contributed by atoms with Crippen molar-refractivity contribution in [3.63, 3.8) is 0 Å². The number of benzene rings is 1. The zero-order valence-corrected chi connectivity index (χ0v) is 13.4. The topological polar surface area (TPSA) is 78.4 Å². The molecule has 0 aliphatic carbocycles. The molecular formula is C16H13F3N2O3S. The van der Waals surface area contributed by atoms with Crippen molar-refractivity contribution in [1.82, 2.24) is 10.6 Å². The van der Waals surface area contributed by atoms with E-state index in [1.165, 1.54) is 29.6 Å². The smallest absolute Gasteiger partial charge is 0.363 e. The van der Waals surface area contributed by atoms with Crippen LogP contribution in [0.5, 0.6) is 0 Å². The van der Waals surface area contributed by atoms with Gasteiger partial charge in [0.25, 0.3) is 0 Å². The van der Waals surface area contributed by atoms with Crippen LogP contribution in [-0.2, 0) is 0 Å². The van der Waals surface area contributed by atoms with E-state index in [0.29, 0.717) is 0 Å². The monoisotopic (exact) mass is 370 g/mol. The van der Waals surface area contributed by atoms with E-state index < -0.39 is 35.7 Å². The van der Waals surface area contributed by atoms with Crippen LogP contribution in [0.15, 0.2) is 47.8 Å². The maximum atomic E-state index is 13.6. The van der Waals surface area contributed by atoms with Crippen molar-refractivity contribution in [2.24, 2.45) is 5.92 Å². The first-order valence-corrected chi connectivity index (χ1v) is 8.12. The van der Waals surface area contributed by atoms with Crippen LogP contribution < -0.4 is 10.6 Å². The van der Waals surface area contributed by atoms with Crippen LogP contribution in [0.2, 0.25) is 0 Å². The summed E-state index contributed by atoms with van der Waals surface area (Å²) in [5, 5.41) is 15.7. The van der Waals surface area contributed by atoms with Crippen LogP contribution in [0.4, 0.5) is 18.0 Å². The first-order chi connectivity index (χ1) is 11.7. The molecule has 25 heavy (non-hydrogen) atoms. The highest BCUT2D eigenvalue weighted by atomic mass is 32.1. The molecule has 0 bridgehead atoms. The molecule has 1 fully saturated rings. The van der Waals surface area contributed by atoms with Gasteiger partial charge in [-0.25, -0.2) is 4.79 Å². The largest absolute Gasteiger partial charge is 0.437 e. The highest BCUT2D eigenvalue weighted by Crippen LogP contribution is 2.44. The number of rotatable bonds is 3. The zero-order valence-electron chi connectivity index (χ0n) is 12.6. The molecule has 3 atom stereocenters. The third-order valence-electron chi connectivity index (χ3n) is 4.01. The Bertz CT molecular complexity index is 780. The summed E-state index contributed by atoms with van der Waals surface area (Å²) >= 11 is 0.966. The number of Topliss-reactive ketones (excluding diaryl/α,β-unsaturated/α-hetero) is 1. The molecule has 3 rings (SSSR count). The predicted octanol–water partition coefficient (Wildman–Crippen LogP) is 2.85. The Morgan fingerprint density at radius 3 is 2.40 bits per heavy atom. The maximum absolute atomic E-state index is 13.6. The summed E-state index contributed by atoms with van der Waals surface area (Å²) < 4.78 is 40.8. The molecule has 1 aromatic carbocycles. The van der Waals surface area contributed by atoms with E-state index in [0.717, 1.165) is 11.3 Å². The van der Waals surface area contributed by atoms with Crippen LogP contribution in [0, 0.1) is 5.92 Å². The second kappa shape index (κ2) is 6.16. The number of hydrogen-bond donors (Lipinski definition) is 3. The molecule has 2 amide bonds. The van der Waals surface area contributed by atoms with Gasteiger partial charge in [0.05, 0.1) is 10.9 Å². The van der Waals surface area contributed by atoms with E-state index in [2.05, 4.69) is 5.32 Å². The maximum Gasteiger partial charge on any atom is 0.437 e. The van der Waals surface area contributed by atoms with Gasteiger partial charge in [-0.15, -0.1) is 11.3 Å². The minimum absolute atomic E-state index is 0.0616. The number of thiophene rings is 1. The third-order valence-corrected chi connectivity index (χ3v) is 4.90. The van der Waals surface area contributed by atoms with Crippen molar-refractivity contribution < 1.29 is 27.9 Å². The van der Waals surface area contributed by atoms with Crippen molar-refractivity contribution in [2.45, 2.75) is 17.9 Å². The van der Waals surface area contributed by atoms with Gasteiger partial charge in [0, 0.05) is 0 Å². The summed E-state index contributed by atoms with van der Waals surface area (Å²) in [6, 6.07) is 8.13. The fourth-order valence-corrected chi connectivity index (χ4v) is 3.55. The highest BCUT2D eigenvalue weighted by molar-refractivity contribution is 7.12. The van der Waals surface area contributed by atoms with Gasteiger partial charge in [-0.2, -0.15) is 13.2 Å². The number of hydrogen-bond acceptors (Lipinski definition) is 4. The summed E-state index contributed by atoms with van der Waals surface area (Å²) in [6.45, 7) is 0. The number of carbonyl (C=O) groups excluding carboxylic acids is 2. The van der Waals surface area contributed by atoms with E-state index in [-0.39, 0.29) is 10.4 Å². The Labute approximate surface area is 144 Å². The molecule has 9 heteroatoms. The van der Waals surface area contributed by atoms with Crippen LogP contribution in [0.25, 0.3) is 0 Å². The lowest BCUT2D eigenvalue weighted by atomic mass is 9.78. The lowest BCUT2D eigenvalue weighted by molar-refractivity contribution is -0.287. The number of nitrogens with one attached hydrogen (secondary N) is 2. The summed E-state index contributed by atoms with van der Waals surface area (Å²) in [5.41, 5.74) is -3.40. The third kappa shape index (κ3) is 3.00. The molecule has 0 spiro atoms. The van der Waals surface area contributed by atoms with Gasteiger partial charge in [0.2, 0.25) is 5.72 Å². The number of ketones is 1. The van der Waals surface area contributed by atoms with Crippen molar-refractivity contribution in [2.75, 3.05) is 0 Å². The minimum atomic E-state index is -5.24. The lowest BCUT2D eigenvalue weighted by Crippen LogP contribution is -2.72. The number of amides is 2. The van der Waals surface area contributed by atoms with E-state index in [1.807, 2.05) is 0 Å². The Morgan fingerprint density at radius 1 is 1.16 bits per heavy atom. The Balaban J connectivity index is 2.15. The molecule has 3 N–H and O–H groups in total. The summed E-state index contributed by atoms with van der Waals surface area (Å²) in [7, 11) is 0. The highest BCUT2D eigenvalue weighted by Gasteiger charge is 2.66. The van der Waals surface area contributed by atoms with Gasteiger partial charge in [0.1, 0.15) is 5.92 Å². The molecule has 1 saturated heterocycles. The SMILES string of the molecule is O=C1N[C@H](c2ccccc2)[C@@H](C(=O)c2cccs2)[C@@](O)(C(F)(F)F)N1. The molecule has 5 nitrogen and oxygen atoms in total. The van der Waals surface area contributed by atoms with Gasteiger partial charge < -0.3 is 15.7 Å². The molecule has 1 aliphatic heterocycles. The summed E-state index contributed by atoms with van der Waals surface area (Å²) in [4.78, 5) is 24.6. The van der Waals surface area contributed by atoms with Crippen molar-refractivity contribution in [1.29, 1.82) is 0 Å². The molecule has 0 radical (unpaired) electrons. The van der Waals surface area contributed by atoms with Crippen molar-refractivity contribution in [3.8, 4) is 0 Å². The van der Waals surface area contributed by atoms with E-state index in [4.69, 9.17) is 0 Å². The molecule has 0 saturated carbocycles. The first kappa shape index (κ1) is 17.4. The number of urea groups is 1. The van der Waals surface area contributed by atoms with Crippen LogP contribution >= 0.6 is 11.3 Å². The molecular weight excluding hydrogens is 357 g/mol. The number of alkyl halides is 3. The summed E-state index contributed by atoms with van der Waals surface area (Å²) in [6.07, 6.45) is -5.24. The van der Waals surface area contributed by atoms with Gasteiger partial charge in [-0.1, -0.05) is 36.4 Å². The number of halogens is 3. The van der Waals surface area contributed by atoms with Crippen LogP contribution in [0.1, 0.15) is 21.3 Å². The van der Waals surface area contributed by atoms with E-state index in [1.54, 1.807) is 23.6 Å². The standard InChI is InChI=1S/C16H13F3N2O3S/c17-16(18,19)15(24)11(13(22)10-7-4-8-25-10)12(20-14(23)21-15)9-5-2-1-3-6-9/h1-8,11-12,24H,(H2,20,21,23)/t11-,12+,15+/m0/s1. The average molecular weight is 370 g/mol. The second-order valence-corrected chi connectivity index (χ2v) is 6.52. The fraction of sp³-hybridized carbons (Fsp3) is 0.250. The van der Waals surface area contributed by atoms with E-state index in [9.17, 15) is 27.9 Å². The Morgan fingerprint density at radius 2 is 1.84 bits per heavy atom.